The molecule has 21 heavy (non-hydrogen) atoms. The molecule has 9 heteroatoms. The van der Waals surface area contributed by atoms with Crippen molar-refractivity contribution in [1.82, 2.24) is 20.5 Å². The minimum absolute atomic E-state index is 0.277. The first-order valence-corrected chi connectivity index (χ1v) is 8.69. The van der Waals surface area contributed by atoms with Gasteiger partial charge in [-0.05, 0) is 11.4 Å². The number of thiazole rings is 1. The average Bonchev–Trinajstić information content (AvgIpc) is 3.21. The Kier molecular flexibility index (Phi) is 4.53. The van der Waals surface area contributed by atoms with E-state index in [0.717, 1.165) is 21.3 Å². The van der Waals surface area contributed by atoms with Gasteiger partial charge in [0.05, 0.1) is 9.88 Å². The van der Waals surface area contributed by atoms with Crippen molar-refractivity contribution in [1.29, 1.82) is 0 Å². The Morgan fingerprint density at radius 3 is 2.95 bits per heavy atom. The summed E-state index contributed by atoms with van der Waals surface area (Å²) in [7, 11) is 0. The standard InChI is InChI=1S/C12H11N5OS3/c18-11(14-4-3-9-13-5-7-20-9)15-12-17-16-10(21-12)8-2-1-6-19-8/h1-2,5-7H,3-4H2,(H2,14,15,17,18). The molecule has 6 nitrogen and oxygen atoms in total. The average molecular weight is 337 g/mol. The smallest absolute Gasteiger partial charge is 0.321 e. The second kappa shape index (κ2) is 6.74. The van der Waals surface area contributed by atoms with Gasteiger partial charge in [0.15, 0.2) is 5.01 Å². The Hall–Kier alpha value is -1.84. The number of thiophene rings is 1. The van der Waals surface area contributed by atoms with Crippen LogP contribution in [0.5, 0.6) is 0 Å². The maximum absolute atomic E-state index is 11.7. The topological polar surface area (TPSA) is 79.8 Å². The molecule has 3 aromatic rings. The van der Waals surface area contributed by atoms with E-state index in [1.807, 2.05) is 22.9 Å². The number of nitrogens with one attached hydrogen (secondary N) is 2. The summed E-state index contributed by atoms with van der Waals surface area (Å²) < 4.78 is 0. The van der Waals surface area contributed by atoms with Crippen LogP contribution < -0.4 is 10.6 Å². The quantitative estimate of drug-likeness (QED) is 0.750. The number of nitrogens with zero attached hydrogens (tertiary/aromatic N) is 3. The number of aromatic nitrogens is 3. The number of hydrogen-bond acceptors (Lipinski definition) is 7. The molecule has 0 bridgehead atoms. The zero-order valence-corrected chi connectivity index (χ0v) is 13.2. The van der Waals surface area contributed by atoms with E-state index in [0.29, 0.717) is 11.7 Å². The highest BCUT2D eigenvalue weighted by Gasteiger charge is 2.09. The van der Waals surface area contributed by atoms with Crippen molar-refractivity contribution in [2.45, 2.75) is 6.42 Å². The predicted molar refractivity (Wildman–Crippen MR) is 86.1 cm³/mol. The summed E-state index contributed by atoms with van der Waals surface area (Å²) in [6.45, 7) is 0.538. The molecule has 0 radical (unpaired) electrons. The molecule has 0 aromatic carbocycles. The molecule has 0 aliphatic heterocycles. The lowest BCUT2D eigenvalue weighted by molar-refractivity contribution is 0.252. The van der Waals surface area contributed by atoms with Crippen molar-refractivity contribution in [2.75, 3.05) is 11.9 Å². The van der Waals surface area contributed by atoms with Crippen molar-refractivity contribution < 1.29 is 4.79 Å². The highest BCUT2D eigenvalue weighted by Crippen LogP contribution is 2.29. The van der Waals surface area contributed by atoms with Crippen molar-refractivity contribution >= 4 is 45.2 Å². The van der Waals surface area contributed by atoms with Crippen molar-refractivity contribution in [2.24, 2.45) is 0 Å². The number of anilines is 1. The van der Waals surface area contributed by atoms with Gasteiger partial charge in [0.2, 0.25) is 5.13 Å². The summed E-state index contributed by atoms with van der Waals surface area (Å²) in [5, 5.41) is 19.7. The van der Waals surface area contributed by atoms with Crippen LogP contribution in [0.4, 0.5) is 9.93 Å². The van der Waals surface area contributed by atoms with Gasteiger partial charge in [-0.1, -0.05) is 17.4 Å². The van der Waals surface area contributed by atoms with Gasteiger partial charge >= 0.3 is 6.03 Å². The second-order valence-electron chi connectivity index (χ2n) is 3.95. The molecule has 0 atom stereocenters. The number of hydrogen-bond donors (Lipinski definition) is 2. The van der Waals surface area contributed by atoms with Crippen LogP contribution >= 0.6 is 34.0 Å². The fraction of sp³-hybridized carbons (Fsp3) is 0.167. The molecular weight excluding hydrogens is 326 g/mol. The fourth-order valence-corrected chi connectivity index (χ4v) is 3.73. The molecular formula is C12H11N5OS3. The van der Waals surface area contributed by atoms with E-state index in [-0.39, 0.29) is 6.03 Å². The Bertz CT molecular complexity index is 692. The predicted octanol–water partition coefficient (Wildman–Crippen LogP) is 3.09. The molecule has 0 saturated carbocycles. The van der Waals surface area contributed by atoms with Crippen LogP contribution in [-0.2, 0) is 6.42 Å². The Labute approximate surface area is 132 Å². The number of rotatable bonds is 5. The molecule has 0 saturated heterocycles. The summed E-state index contributed by atoms with van der Waals surface area (Å²) in [6.07, 6.45) is 2.48. The van der Waals surface area contributed by atoms with E-state index < -0.39 is 0 Å². The first kappa shape index (κ1) is 14.1. The molecule has 3 heterocycles. The van der Waals surface area contributed by atoms with Crippen molar-refractivity contribution in [3.63, 3.8) is 0 Å². The van der Waals surface area contributed by atoms with Gasteiger partial charge < -0.3 is 5.32 Å². The number of carbonyl (C=O) groups excluding carboxylic acids is 1. The first-order valence-electron chi connectivity index (χ1n) is 6.12. The first-order chi connectivity index (χ1) is 10.3. The van der Waals surface area contributed by atoms with E-state index in [1.165, 1.54) is 11.3 Å². The third-order valence-electron chi connectivity index (χ3n) is 2.49. The van der Waals surface area contributed by atoms with Crippen LogP contribution in [0.3, 0.4) is 0 Å². The van der Waals surface area contributed by atoms with Gasteiger partial charge in [-0.15, -0.1) is 32.9 Å². The maximum Gasteiger partial charge on any atom is 0.321 e. The summed E-state index contributed by atoms with van der Waals surface area (Å²) in [5.74, 6) is 0. The Morgan fingerprint density at radius 2 is 2.19 bits per heavy atom. The fourth-order valence-electron chi connectivity index (χ4n) is 1.57. The molecule has 0 spiro atoms. The molecule has 0 aliphatic rings. The minimum Gasteiger partial charge on any atom is -0.337 e. The van der Waals surface area contributed by atoms with Crippen molar-refractivity contribution in [3.05, 3.63) is 34.1 Å². The van der Waals surface area contributed by atoms with Crippen LogP contribution in [0.2, 0.25) is 0 Å². The third kappa shape index (κ3) is 3.84. The van der Waals surface area contributed by atoms with Crippen LogP contribution in [-0.4, -0.2) is 27.8 Å². The van der Waals surface area contributed by atoms with Crippen LogP contribution in [0, 0.1) is 0 Å². The van der Waals surface area contributed by atoms with Gasteiger partial charge in [0.25, 0.3) is 0 Å². The molecule has 108 valence electrons. The largest absolute Gasteiger partial charge is 0.337 e. The molecule has 3 rings (SSSR count). The lowest BCUT2D eigenvalue weighted by Crippen LogP contribution is -2.30. The normalized spacial score (nSPS) is 10.5. The maximum atomic E-state index is 11.7. The third-order valence-corrected chi connectivity index (χ3v) is 5.20. The summed E-state index contributed by atoms with van der Waals surface area (Å²) in [5.41, 5.74) is 0. The van der Waals surface area contributed by atoms with Gasteiger partial charge in [-0.2, -0.15) is 0 Å². The van der Waals surface area contributed by atoms with Crippen LogP contribution in [0.1, 0.15) is 5.01 Å². The van der Waals surface area contributed by atoms with Crippen LogP contribution in [0.25, 0.3) is 9.88 Å². The highest BCUT2D eigenvalue weighted by atomic mass is 32.1. The highest BCUT2D eigenvalue weighted by molar-refractivity contribution is 7.23. The Morgan fingerprint density at radius 1 is 1.24 bits per heavy atom. The molecule has 2 N–H and O–H groups in total. The van der Waals surface area contributed by atoms with Crippen LogP contribution in [0.15, 0.2) is 29.1 Å². The van der Waals surface area contributed by atoms with E-state index in [4.69, 9.17) is 0 Å². The van der Waals surface area contributed by atoms with Gasteiger partial charge in [0.1, 0.15) is 0 Å². The molecule has 0 unspecified atom stereocenters. The van der Waals surface area contributed by atoms with Gasteiger partial charge in [-0.3, -0.25) is 5.32 Å². The number of urea groups is 1. The molecule has 3 aromatic heterocycles. The van der Waals surface area contributed by atoms with E-state index in [2.05, 4.69) is 25.8 Å². The lowest BCUT2D eigenvalue weighted by Gasteiger charge is -2.03. The molecule has 0 aliphatic carbocycles. The summed E-state index contributed by atoms with van der Waals surface area (Å²) in [4.78, 5) is 16.9. The number of carbonyl (C=O) groups is 1. The Balaban J connectivity index is 1.48. The number of amides is 2. The van der Waals surface area contributed by atoms with Gasteiger partial charge in [-0.25, -0.2) is 9.78 Å². The lowest BCUT2D eigenvalue weighted by atomic mass is 10.4. The second-order valence-corrected chi connectivity index (χ2v) is 6.85. The van der Waals surface area contributed by atoms with Crippen molar-refractivity contribution in [3.8, 4) is 9.88 Å². The van der Waals surface area contributed by atoms with E-state index in [9.17, 15) is 4.79 Å². The monoisotopic (exact) mass is 337 g/mol. The molecule has 0 fully saturated rings. The summed E-state index contributed by atoms with van der Waals surface area (Å²) >= 11 is 4.53. The van der Waals surface area contributed by atoms with E-state index in [1.54, 1.807) is 28.9 Å². The zero-order valence-electron chi connectivity index (χ0n) is 10.8. The minimum atomic E-state index is -0.277. The SMILES string of the molecule is O=C(NCCc1nccs1)Nc1nnc(-c2cccs2)s1. The van der Waals surface area contributed by atoms with Gasteiger partial charge in [0, 0.05) is 24.5 Å². The molecule has 2 amide bonds. The van der Waals surface area contributed by atoms with E-state index >= 15 is 0 Å². The summed E-state index contributed by atoms with van der Waals surface area (Å²) in [6, 6.07) is 3.66. The zero-order chi connectivity index (χ0) is 14.5.